The van der Waals surface area contributed by atoms with Gasteiger partial charge in [-0.25, -0.2) is 8.42 Å². The molecule has 11 nitrogen and oxygen atoms in total. The molecule has 2 rings (SSSR count). The number of alkyl halides is 3. The number of nitrogens with two attached hydrogens (primary N) is 2. The van der Waals surface area contributed by atoms with Gasteiger partial charge in [0.15, 0.2) is 5.96 Å². The Morgan fingerprint density at radius 1 is 1.26 bits per heavy atom. The van der Waals surface area contributed by atoms with E-state index in [-0.39, 0.29) is 18.9 Å². The molecule has 0 aliphatic carbocycles. The summed E-state index contributed by atoms with van der Waals surface area (Å²) >= 11 is 0. The lowest BCUT2D eigenvalue weighted by Gasteiger charge is -2.31. The standard InChI is InChI=1S/C17H25F3N6O3S.C2H4O2/c18-17(19,20)12-3-1-4-13(11-12)30(28,29)25-14(5-2-6-24-16(21)22)15(27)26-9-7-23-8-10-26;1-2(3)4/h1,3-4,11,14,23,25H,2,5-10H2,(H4,21,22,24);1H3,(H,3,4)/t14-;/m0./s1. The molecular weight excluding hydrogens is 481 g/mol. The highest BCUT2D eigenvalue weighted by Gasteiger charge is 2.33. The molecule has 1 aliphatic rings. The van der Waals surface area contributed by atoms with Gasteiger partial charge in [0, 0.05) is 39.6 Å². The van der Waals surface area contributed by atoms with Crippen molar-refractivity contribution in [1.82, 2.24) is 14.9 Å². The fraction of sp³-hybridized carbons (Fsp3) is 0.526. The number of sulfonamides is 1. The molecule has 1 aromatic carbocycles. The van der Waals surface area contributed by atoms with E-state index in [0.29, 0.717) is 38.7 Å². The Bertz CT molecular complexity index is 957. The maximum absolute atomic E-state index is 12.9. The molecule has 0 spiro atoms. The number of carboxylic acid groups (broad SMARTS) is 1. The number of aliphatic carboxylic acids is 1. The van der Waals surface area contributed by atoms with Crippen LogP contribution in [0, 0.1) is 0 Å². The van der Waals surface area contributed by atoms with Crippen LogP contribution in [-0.4, -0.2) is 75.0 Å². The van der Waals surface area contributed by atoms with E-state index in [1.807, 2.05) is 0 Å². The maximum Gasteiger partial charge on any atom is 0.416 e. The van der Waals surface area contributed by atoms with Crippen molar-refractivity contribution in [3.63, 3.8) is 0 Å². The molecule has 1 aliphatic heterocycles. The molecule has 0 aromatic heterocycles. The Hall–Kier alpha value is -2.91. The summed E-state index contributed by atoms with van der Waals surface area (Å²) in [5, 5.41) is 10.5. The Kier molecular flexibility index (Phi) is 11.2. The van der Waals surface area contributed by atoms with Crippen LogP contribution in [0.1, 0.15) is 25.3 Å². The first-order valence-electron chi connectivity index (χ1n) is 10.2. The van der Waals surface area contributed by atoms with Crippen molar-refractivity contribution in [2.45, 2.75) is 36.9 Å². The van der Waals surface area contributed by atoms with Gasteiger partial charge in [0.25, 0.3) is 5.97 Å². The number of halogens is 3. The summed E-state index contributed by atoms with van der Waals surface area (Å²) in [5.41, 5.74) is 9.42. The van der Waals surface area contributed by atoms with Crippen molar-refractivity contribution in [2.75, 3.05) is 32.7 Å². The third-order valence-corrected chi connectivity index (χ3v) is 5.91. The van der Waals surface area contributed by atoms with Gasteiger partial charge in [-0.05, 0) is 31.0 Å². The van der Waals surface area contributed by atoms with Crippen molar-refractivity contribution >= 4 is 27.9 Å². The van der Waals surface area contributed by atoms with E-state index >= 15 is 0 Å². The van der Waals surface area contributed by atoms with Crippen LogP contribution in [0.15, 0.2) is 34.2 Å². The van der Waals surface area contributed by atoms with E-state index in [4.69, 9.17) is 21.4 Å². The number of hydrogen-bond donors (Lipinski definition) is 5. The first kappa shape index (κ1) is 29.1. The molecule has 192 valence electrons. The third-order valence-electron chi connectivity index (χ3n) is 4.44. The number of benzene rings is 1. The topological polar surface area (TPSA) is 180 Å². The van der Waals surface area contributed by atoms with Crippen LogP contribution in [0.4, 0.5) is 13.2 Å². The number of rotatable bonds is 8. The second-order valence-electron chi connectivity index (χ2n) is 7.24. The van der Waals surface area contributed by atoms with Gasteiger partial charge in [-0.2, -0.15) is 17.9 Å². The van der Waals surface area contributed by atoms with Gasteiger partial charge in [-0.15, -0.1) is 0 Å². The van der Waals surface area contributed by atoms with E-state index < -0.39 is 44.6 Å². The Balaban J connectivity index is 0.00000133. The SMILES string of the molecule is CC(=O)O.NC(N)=NCCC[C@H](NS(=O)(=O)c1cccc(C(F)(F)F)c1)C(=O)N1CCNCC1. The summed E-state index contributed by atoms with van der Waals surface area (Å²) in [7, 11) is -4.38. The molecule has 1 saturated heterocycles. The number of amides is 1. The fourth-order valence-corrected chi connectivity index (χ4v) is 4.21. The van der Waals surface area contributed by atoms with Gasteiger partial charge in [0.1, 0.15) is 6.04 Å². The predicted molar refractivity (Wildman–Crippen MR) is 118 cm³/mol. The average Bonchev–Trinajstić information content (AvgIpc) is 2.75. The number of nitrogens with zero attached hydrogens (tertiary/aromatic N) is 2. The van der Waals surface area contributed by atoms with Crippen LogP contribution < -0.4 is 21.5 Å². The van der Waals surface area contributed by atoms with Crippen LogP contribution in [0.3, 0.4) is 0 Å². The molecule has 15 heteroatoms. The number of carboxylic acids is 1. The van der Waals surface area contributed by atoms with Crippen molar-refractivity contribution in [2.24, 2.45) is 16.5 Å². The molecule has 7 N–H and O–H groups in total. The molecule has 0 bridgehead atoms. The molecule has 1 aromatic rings. The van der Waals surface area contributed by atoms with Crippen molar-refractivity contribution < 1.29 is 36.3 Å². The van der Waals surface area contributed by atoms with E-state index in [2.05, 4.69) is 15.0 Å². The summed E-state index contributed by atoms with van der Waals surface area (Å²) in [4.78, 5) is 26.6. The lowest BCUT2D eigenvalue weighted by molar-refractivity contribution is -0.138. The van der Waals surface area contributed by atoms with Crippen LogP contribution in [0.25, 0.3) is 0 Å². The normalized spacial score (nSPS) is 15.0. The second-order valence-corrected chi connectivity index (χ2v) is 8.96. The number of nitrogens with one attached hydrogen (secondary N) is 2. The van der Waals surface area contributed by atoms with Gasteiger partial charge in [0.05, 0.1) is 10.5 Å². The van der Waals surface area contributed by atoms with Crippen molar-refractivity contribution in [3.05, 3.63) is 29.8 Å². The minimum Gasteiger partial charge on any atom is -0.481 e. The van der Waals surface area contributed by atoms with Crippen molar-refractivity contribution in [3.8, 4) is 0 Å². The smallest absolute Gasteiger partial charge is 0.416 e. The fourth-order valence-electron chi connectivity index (χ4n) is 2.94. The summed E-state index contributed by atoms with van der Waals surface area (Å²) in [6.07, 6.45) is -4.31. The highest BCUT2D eigenvalue weighted by atomic mass is 32.2. The molecule has 1 atom stereocenters. The lowest BCUT2D eigenvalue weighted by atomic mass is 10.1. The van der Waals surface area contributed by atoms with Crippen LogP contribution in [-0.2, 0) is 25.8 Å². The summed E-state index contributed by atoms with van der Waals surface area (Å²) in [6, 6.07) is 2.20. The van der Waals surface area contributed by atoms with Crippen LogP contribution in [0.5, 0.6) is 0 Å². The second kappa shape index (κ2) is 13.1. The number of aliphatic imine (C=N–C) groups is 1. The van der Waals surface area contributed by atoms with E-state index in [1.165, 1.54) is 4.90 Å². The highest BCUT2D eigenvalue weighted by Crippen LogP contribution is 2.30. The number of hydrogen-bond acceptors (Lipinski definition) is 6. The first-order valence-corrected chi connectivity index (χ1v) is 11.7. The third kappa shape index (κ3) is 10.4. The number of piperazine rings is 1. The minimum atomic E-state index is -4.69. The van der Waals surface area contributed by atoms with Crippen LogP contribution >= 0.6 is 0 Å². The van der Waals surface area contributed by atoms with Gasteiger partial charge in [-0.3, -0.25) is 14.6 Å². The monoisotopic (exact) mass is 510 g/mol. The molecule has 0 saturated carbocycles. The van der Waals surface area contributed by atoms with Gasteiger partial charge in [-0.1, -0.05) is 6.07 Å². The van der Waals surface area contributed by atoms with Gasteiger partial charge in [0.2, 0.25) is 15.9 Å². The number of guanidine groups is 1. The quantitative estimate of drug-likeness (QED) is 0.183. The molecule has 1 heterocycles. The lowest BCUT2D eigenvalue weighted by Crippen LogP contribution is -2.54. The highest BCUT2D eigenvalue weighted by molar-refractivity contribution is 7.89. The minimum absolute atomic E-state index is 0.0811. The predicted octanol–water partition coefficient (Wildman–Crippen LogP) is -0.0714. The van der Waals surface area contributed by atoms with E-state index in [1.54, 1.807) is 0 Å². The zero-order valence-corrected chi connectivity index (χ0v) is 19.3. The zero-order chi connectivity index (χ0) is 25.9. The molecule has 1 fully saturated rings. The van der Waals surface area contributed by atoms with Crippen LogP contribution in [0.2, 0.25) is 0 Å². The Labute approximate surface area is 195 Å². The summed E-state index contributed by atoms with van der Waals surface area (Å²) in [5.74, 6) is -1.42. The summed E-state index contributed by atoms with van der Waals surface area (Å²) in [6.45, 7) is 3.18. The summed E-state index contributed by atoms with van der Waals surface area (Å²) < 4.78 is 66.5. The molecule has 34 heavy (non-hydrogen) atoms. The number of carbonyl (C=O) groups is 2. The Morgan fingerprint density at radius 2 is 1.85 bits per heavy atom. The van der Waals surface area contributed by atoms with Gasteiger partial charge >= 0.3 is 6.18 Å². The van der Waals surface area contributed by atoms with E-state index in [0.717, 1.165) is 25.1 Å². The first-order chi connectivity index (χ1) is 15.7. The number of carbonyl (C=O) groups excluding carboxylic acids is 1. The molecular formula is C19H29F3N6O5S. The molecule has 0 unspecified atom stereocenters. The average molecular weight is 511 g/mol. The zero-order valence-electron chi connectivity index (χ0n) is 18.5. The van der Waals surface area contributed by atoms with Gasteiger partial charge < -0.3 is 26.8 Å². The maximum atomic E-state index is 12.9. The largest absolute Gasteiger partial charge is 0.481 e. The molecule has 0 radical (unpaired) electrons. The van der Waals surface area contributed by atoms with E-state index in [9.17, 15) is 26.4 Å². The van der Waals surface area contributed by atoms with Crippen molar-refractivity contribution in [1.29, 1.82) is 0 Å². The Morgan fingerprint density at radius 3 is 2.38 bits per heavy atom. The molecule has 1 amide bonds.